The maximum absolute atomic E-state index is 13.9. The van der Waals surface area contributed by atoms with Crippen LogP contribution in [0.2, 0.25) is 0 Å². The monoisotopic (exact) mass is 255 g/mol. The van der Waals surface area contributed by atoms with Crippen LogP contribution in [0.3, 0.4) is 0 Å². The molecule has 1 aromatic rings. The van der Waals surface area contributed by atoms with E-state index in [-0.39, 0.29) is 11.3 Å². The first-order chi connectivity index (χ1) is 8.21. The van der Waals surface area contributed by atoms with Gasteiger partial charge in [0.1, 0.15) is 17.4 Å². The molecule has 0 aromatic heterocycles. The Morgan fingerprint density at radius 3 is 2.00 bits per heavy atom. The minimum absolute atomic E-state index is 0.0783. The molecule has 0 heterocycles. The van der Waals surface area contributed by atoms with Crippen LogP contribution in [0.5, 0.6) is 5.75 Å². The molecule has 0 amide bonds. The molecule has 1 aromatic carbocycles. The maximum Gasteiger partial charge on any atom is 0.158 e. The average Bonchev–Trinajstić information content (AvgIpc) is 2.11. The Morgan fingerprint density at radius 1 is 1.17 bits per heavy atom. The zero-order valence-corrected chi connectivity index (χ0v) is 11.0. The van der Waals surface area contributed by atoms with Crippen LogP contribution in [-0.2, 0) is 5.41 Å². The third-order valence-electron chi connectivity index (χ3n) is 3.29. The molecular formula is C14H19F2NO. The van der Waals surface area contributed by atoms with E-state index in [9.17, 15) is 8.78 Å². The molecule has 2 nitrogen and oxygen atoms in total. The van der Waals surface area contributed by atoms with Crippen molar-refractivity contribution in [3.63, 3.8) is 0 Å². The quantitative estimate of drug-likeness (QED) is 0.821. The molecule has 0 atom stereocenters. The lowest BCUT2D eigenvalue weighted by molar-refractivity contribution is -0.00143. The van der Waals surface area contributed by atoms with E-state index in [2.05, 4.69) is 0 Å². The lowest BCUT2D eigenvalue weighted by Gasteiger charge is -2.38. The molecule has 0 unspecified atom stereocenters. The number of halogens is 2. The molecular weight excluding hydrogens is 236 g/mol. The third-order valence-corrected chi connectivity index (χ3v) is 3.29. The molecule has 2 rings (SSSR count). The van der Waals surface area contributed by atoms with Gasteiger partial charge in [-0.1, -0.05) is 20.8 Å². The lowest BCUT2D eigenvalue weighted by atomic mass is 9.86. The molecule has 100 valence electrons. The standard InChI is InChI=1S/C14H19F2NO/c1-13(2,3)12-10(15)7-9(8-11(12)16)18-14(17)5-4-6-14/h7-8H,4-6,17H2,1-3H3. The van der Waals surface area contributed by atoms with Gasteiger partial charge in [-0.05, 0) is 11.8 Å². The second-order valence-corrected chi connectivity index (χ2v) is 6.03. The van der Waals surface area contributed by atoms with Gasteiger partial charge in [0.05, 0.1) is 0 Å². The highest BCUT2D eigenvalue weighted by molar-refractivity contribution is 5.34. The number of ether oxygens (including phenoxy) is 1. The van der Waals surface area contributed by atoms with Gasteiger partial charge in [0, 0.05) is 30.5 Å². The fourth-order valence-corrected chi connectivity index (χ4v) is 2.19. The highest BCUT2D eigenvalue weighted by Crippen LogP contribution is 2.35. The number of hydrogen-bond acceptors (Lipinski definition) is 2. The summed E-state index contributed by atoms with van der Waals surface area (Å²) in [6, 6.07) is 2.44. The van der Waals surface area contributed by atoms with Crippen molar-refractivity contribution in [3.05, 3.63) is 29.3 Å². The zero-order chi connectivity index (χ0) is 13.6. The van der Waals surface area contributed by atoms with Gasteiger partial charge < -0.3 is 4.74 Å². The minimum atomic E-state index is -0.748. The van der Waals surface area contributed by atoms with Crippen molar-refractivity contribution in [3.8, 4) is 5.75 Å². The van der Waals surface area contributed by atoms with E-state index in [1.165, 1.54) is 12.1 Å². The van der Waals surface area contributed by atoms with Gasteiger partial charge in [-0.2, -0.15) is 0 Å². The first-order valence-corrected chi connectivity index (χ1v) is 6.19. The smallest absolute Gasteiger partial charge is 0.158 e. The summed E-state index contributed by atoms with van der Waals surface area (Å²) in [5.74, 6) is -0.999. The van der Waals surface area contributed by atoms with Gasteiger partial charge in [0.2, 0.25) is 0 Å². The van der Waals surface area contributed by atoms with E-state index in [0.717, 1.165) is 19.3 Å². The fraction of sp³-hybridized carbons (Fsp3) is 0.571. The van der Waals surface area contributed by atoms with E-state index < -0.39 is 22.8 Å². The van der Waals surface area contributed by atoms with Gasteiger partial charge in [0.15, 0.2) is 5.72 Å². The summed E-state index contributed by atoms with van der Waals surface area (Å²) in [6.07, 6.45) is 2.43. The molecule has 0 aliphatic heterocycles. The molecule has 0 bridgehead atoms. The van der Waals surface area contributed by atoms with Crippen LogP contribution in [0, 0.1) is 11.6 Å². The molecule has 4 heteroatoms. The number of hydrogen-bond donors (Lipinski definition) is 1. The van der Waals surface area contributed by atoms with E-state index in [1.54, 1.807) is 20.8 Å². The van der Waals surface area contributed by atoms with Crippen LogP contribution in [-0.4, -0.2) is 5.72 Å². The van der Waals surface area contributed by atoms with Crippen molar-refractivity contribution in [2.24, 2.45) is 5.73 Å². The van der Waals surface area contributed by atoms with Gasteiger partial charge in [-0.3, -0.25) is 5.73 Å². The third kappa shape index (κ3) is 2.48. The molecule has 1 saturated carbocycles. The van der Waals surface area contributed by atoms with Crippen LogP contribution >= 0.6 is 0 Å². The Bertz CT molecular complexity index is 438. The van der Waals surface area contributed by atoms with E-state index >= 15 is 0 Å². The topological polar surface area (TPSA) is 35.2 Å². The summed E-state index contributed by atoms with van der Waals surface area (Å²) in [5, 5.41) is 0. The molecule has 0 saturated heterocycles. The SMILES string of the molecule is CC(C)(C)c1c(F)cc(OC2(N)CCC2)cc1F. The van der Waals surface area contributed by atoms with Gasteiger partial charge >= 0.3 is 0 Å². The summed E-state index contributed by atoms with van der Waals surface area (Å²) in [6.45, 7) is 5.31. The van der Waals surface area contributed by atoms with Gasteiger partial charge in [-0.25, -0.2) is 8.78 Å². The van der Waals surface area contributed by atoms with Crippen molar-refractivity contribution in [2.75, 3.05) is 0 Å². The largest absolute Gasteiger partial charge is 0.473 e. The molecule has 1 fully saturated rings. The van der Waals surface area contributed by atoms with Crippen molar-refractivity contribution < 1.29 is 13.5 Å². The summed E-state index contributed by atoms with van der Waals surface area (Å²) in [7, 11) is 0. The Morgan fingerprint density at radius 2 is 1.67 bits per heavy atom. The Labute approximate surface area is 106 Å². The molecule has 1 aliphatic carbocycles. The maximum atomic E-state index is 13.9. The zero-order valence-electron chi connectivity index (χ0n) is 11.0. The van der Waals surface area contributed by atoms with Crippen LogP contribution < -0.4 is 10.5 Å². The highest BCUT2D eigenvalue weighted by Gasteiger charge is 2.35. The second kappa shape index (κ2) is 4.19. The van der Waals surface area contributed by atoms with Gasteiger partial charge in [-0.15, -0.1) is 0 Å². The Balaban J connectivity index is 2.31. The molecule has 0 radical (unpaired) electrons. The number of nitrogens with two attached hydrogens (primary N) is 1. The van der Waals surface area contributed by atoms with Crippen LogP contribution in [0.15, 0.2) is 12.1 Å². The van der Waals surface area contributed by atoms with Crippen LogP contribution in [0.1, 0.15) is 45.6 Å². The number of benzene rings is 1. The Kier molecular flexibility index (Phi) is 3.09. The summed E-state index contributed by atoms with van der Waals surface area (Å²) in [5.41, 5.74) is 4.64. The summed E-state index contributed by atoms with van der Waals surface area (Å²) in [4.78, 5) is 0. The predicted molar refractivity (Wildman–Crippen MR) is 66.5 cm³/mol. The molecule has 2 N–H and O–H groups in total. The molecule has 18 heavy (non-hydrogen) atoms. The summed E-state index contributed by atoms with van der Waals surface area (Å²) < 4.78 is 33.4. The summed E-state index contributed by atoms with van der Waals surface area (Å²) >= 11 is 0. The van der Waals surface area contributed by atoms with Crippen molar-refractivity contribution in [2.45, 2.75) is 51.2 Å². The van der Waals surface area contributed by atoms with E-state index in [1.807, 2.05) is 0 Å². The van der Waals surface area contributed by atoms with E-state index in [4.69, 9.17) is 10.5 Å². The van der Waals surface area contributed by atoms with Crippen LogP contribution in [0.25, 0.3) is 0 Å². The Hall–Kier alpha value is -1.16. The average molecular weight is 255 g/mol. The second-order valence-electron chi connectivity index (χ2n) is 6.03. The lowest BCUT2D eigenvalue weighted by Crippen LogP contribution is -2.51. The molecule has 1 aliphatic rings. The van der Waals surface area contributed by atoms with E-state index in [0.29, 0.717) is 0 Å². The van der Waals surface area contributed by atoms with Crippen molar-refractivity contribution in [1.82, 2.24) is 0 Å². The first kappa shape index (κ1) is 13.3. The number of rotatable bonds is 2. The fourth-order valence-electron chi connectivity index (χ4n) is 2.19. The molecule has 0 spiro atoms. The van der Waals surface area contributed by atoms with Crippen molar-refractivity contribution >= 4 is 0 Å². The van der Waals surface area contributed by atoms with Crippen molar-refractivity contribution in [1.29, 1.82) is 0 Å². The van der Waals surface area contributed by atoms with Gasteiger partial charge in [0.25, 0.3) is 0 Å². The normalized spacial score (nSPS) is 18.3. The van der Waals surface area contributed by atoms with Crippen LogP contribution in [0.4, 0.5) is 8.78 Å². The highest BCUT2D eigenvalue weighted by atomic mass is 19.1. The minimum Gasteiger partial charge on any atom is -0.473 e. The predicted octanol–water partition coefficient (Wildman–Crippen LogP) is 3.48. The first-order valence-electron chi connectivity index (χ1n) is 6.19.